The number of carboxylic acids is 1. The molecule has 0 amide bonds. The third kappa shape index (κ3) is 1.62. The maximum Gasteiger partial charge on any atom is 0.314 e. The van der Waals surface area contributed by atoms with Crippen LogP contribution in [-0.2, 0) is 10.2 Å². The van der Waals surface area contributed by atoms with Gasteiger partial charge in [-0.25, -0.2) is 0 Å². The summed E-state index contributed by atoms with van der Waals surface area (Å²) in [6, 6.07) is 3.47. The predicted octanol–water partition coefficient (Wildman–Crippen LogP) is 2.76. The van der Waals surface area contributed by atoms with Gasteiger partial charge in [-0.1, -0.05) is 11.6 Å². The van der Waals surface area contributed by atoms with E-state index in [2.05, 4.69) is 0 Å². The molecule has 0 fully saturated rings. The minimum absolute atomic E-state index is 0.624. The SMILES string of the molecule is CC(C)(C(=O)O)c1ccc(Cl)s1. The van der Waals surface area contributed by atoms with Crippen molar-refractivity contribution in [3.8, 4) is 0 Å². The topological polar surface area (TPSA) is 37.3 Å². The van der Waals surface area contributed by atoms with E-state index in [1.165, 1.54) is 11.3 Å². The van der Waals surface area contributed by atoms with Crippen LogP contribution in [0.2, 0.25) is 4.34 Å². The van der Waals surface area contributed by atoms with Crippen molar-refractivity contribution in [3.05, 3.63) is 21.3 Å². The van der Waals surface area contributed by atoms with Gasteiger partial charge < -0.3 is 5.11 Å². The van der Waals surface area contributed by atoms with Gasteiger partial charge in [-0.05, 0) is 26.0 Å². The van der Waals surface area contributed by atoms with E-state index in [1.54, 1.807) is 26.0 Å². The monoisotopic (exact) mass is 204 g/mol. The second-order valence-corrected chi connectivity index (χ2v) is 4.75. The van der Waals surface area contributed by atoms with Crippen LogP contribution in [-0.4, -0.2) is 11.1 Å². The van der Waals surface area contributed by atoms with E-state index in [4.69, 9.17) is 16.7 Å². The van der Waals surface area contributed by atoms with E-state index >= 15 is 0 Å². The lowest BCUT2D eigenvalue weighted by Gasteiger charge is -2.16. The number of thiophene rings is 1. The van der Waals surface area contributed by atoms with Gasteiger partial charge in [0.05, 0.1) is 9.75 Å². The first kappa shape index (κ1) is 9.55. The van der Waals surface area contributed by atoms with Crippen LogP contribution in [0.4, 0.5) is 0 Å². The molecule has 0 unspecified atom stereocenters. The van der Waals surface area contributed by atoms with Gasteiger partial charge in [0.25, 0.3) is 0 Å². The summed E-state index contributed by atoms with van der Waals surface area (Å²) >= 11 is 7.00. The smallest absolute Gasteiger partial charge is 0.314 e. The molecule has 1 N–H and O–H groups in total. The highest BCUT2D eigenvalue weighted by Gasteiger charge is 2.30. The third-order valence-electron chi connectivity index (χ3n) is 1.72. The highest BCUT2D eigenvalue weighted by atomic mass is 35.5. The van der Waals surface area contributed by atoms with Gasteiger partial charge in [-0.3, -0.25) is 4.79 Å². The average molecular weight is 205 g/mol. The first-order valence-corrected chi connectivity index (χ1v) is 4.63. The summed E-state index contributed by atoms with van der Waals surface area (Å²) in [5, 5.41) is 8.87. The van der Waals surface area contributed by atoms with Crippen LogP contribution >= 0.6 is 22.9 Å². The van der Waals surface area contributed by atoms with Gasteiger partial charge in [-0.2, -0.15) is 0 Å². The first-order chi connectivity index (χ1) is 5.44. The summed E-state index contributed by atoms with van der Waals surface area (Å²) in [6.07, 6.45) is 0. The Morgan fingerprint density at radius 3 is 2.50 bits per heavy atom. The summed E-state index contributed by atoms with van der Waals surface area (Å²) in [4.78, 5) is 11.6. The fourth-order valence-corrected chi connectivity index (χ4v) is 1.89. The molecule has 0 aliphatic heterocycles. The number of halogens is 1. The number of rotatable bonds is 2. The molecule has 0 saturated carbocycles. The summed E-state index contributed by atoms with van der Waals surface area (Å²) in [7, 11) is 0. The number of hydrogen-bond donors (Lipinski definition) is 1. The maximum absolute atomic E-state index is 10.8. The van der Waals surface area contributed by atoms with Crippen LogP contribution < -0.4 is 0 Å². The largest absolute Gasteiger partial charge is 0.481 e. The molecular formula is C8H9ClO2S. The molecule has 1 rings (SSSR count). The Hall–Kier alpha value is -0.540. The normalized spacial score (nSPS) is 11.6. The molecule has 0 atom stereocenters. The molecule has 0 saturated heterocycles. The average Bonchev–Trinajstić information content (AvgIpc) is 2.35. The van der Waals surface area contributed by atoms with E-state index in [0.29, 0.717) is 4.34 Å². The summed E-state index contributed by atoms with van der Waals surface area (Å²) < 4.78 is 0.624. The molecule has 0 aromatic carbocycles. The van der Waals surface area contributed by atoms with Gasteiger partial charge in [-0.15, -0.1) is 11.3 Å². The van der Waals surface area contributed by atoms with Crippen molar-refractivity contribution < 1.29 is 9.90 Å². The van der Waals surface area contributed by atoms with Crippen LogP contribution in [0.3, 0.4) is 0 Å². The van der Waals surface area contributed by atoms with Crippen molar-refractivity contribution in [1.82, 2.24) is 0 Å². The number of hydrogen-bond acceptors (Lipinski definition) is 2. The lowest BCUT2D eigenvalue weighted by Crippen LogP contribution is -2.27. The zero-order chi connectivity index (χ0) is 9.35. The lowest BCUT2D eigenvalue weighted by atomic mass is 9.92. The Morgan fingerprint density at radius 2 is 2.17 bits per heavy atom. The second kappa shape index (κ2) is 3.07. The molecule has 4 heteroatoms. The fraction of sp³-hybridized carbons (Fsp3) is 0.375. The molecule has 1 aromatic rings. The molecular weight excluding hydrogens is 196 g/mol. The van der Waals surface area contributed by atoms with E-state index in [9.17, 15) is 4.79 Å². The predicted molar refractivity (Wildman–Crippen MR) is 50.0 cm³/mol. The van der Waals surface area contributed by atoms with Crippen molar-refractivity contribution in [3.63, 3.8) is 0 Å². The number of carbonyl (C=O) groups is 1. The Kier molecular flexibility index (Phi) is 2.44. The van der Waals surface area contributed by atoms with Gasteiger partial charge in [0.15, 0.2) is 0 Å². The zero-order valence-electron chi connectivity index (χ0n) is 6.80. The van der Waals surface area contributed by atoms with Crippen LogP contribution in [0, 0.1) is 0 Å². The molecule has 2 nitrogen and oxygen atoms in total. The Morgan fingerprint density at radius 1 is 1.58 bits per heavy atom. The summed E-state index contributed by atoms with van der Waals surface area (Å²) in [5.41, 5.74) is -0.836. The molecule has 66 valence electrons. The molecule has 1 aromatic heterocycles. The molecule has 0 bridgehead atoms. The van der Waals surface area contributed by atoms with E-state index in [-0.39, 0.29) is 0 Å². The molecule has 0 radical (unpaired) electrons. The summed E-state index contributed by atoms with van der Waals surface area (Å²) in [5.74, 6) is -0.832. The minimum Gasteiger partial charge on any atom is -0.481 e. The van der Waals surface area contributed by atoms with E-state index in [1.807, 2.05) is 0 Å². The van der Waals surface area contributed by atoms with Crippen LogP contribution in [0.5, 0.6) is 0 Å². The molecule has 0 aliphatic carbocycles. The lowest BCUT2D eigenvalue weighted by molar-refractivity contribution is -0.142. The molecule has 0 aliphatic rings. The first-order valence-electron chi connectivity index (χ1n) is 3.44. The highest BCUT2D eigenvalue weighted by Crippen LogP contribution is 2.32. The molecule has 1 heterocycles. The number of carboxylic acid groups (broad SMARTS) is 1. The van der Waals surface area contributed by atoms with Gasteiger partial charge >= 0.3 is 5.97 Å². The van der Waals surface area contributed by atoms with Gasteiger partial charge in [0.1, 0.15) is 0 Å². The van der Waals surface area contributed by atoms with Crippen molar-refractivity contribution in [2.24, 2.45) is 0 Å². The molecule has 0 spiro atoms. The van der Waals surface area contributed by atoms with E-state index < -0.39 is 11.4 Å². The van der Waals surface area contributed by atoms with Crippen molar-refractivity contribution >= 4 is 28.9 Å². The minimum atomic E-state index is -0.836. The highest BCUT2D eigenvalue weighted by molar-refractivity contribution is 7.16. The van der Waals surface area contributed by atoms with Crippen molar-refractivity contribution in [1.29, 1.82) is 0 Å². The quantitative estimate of drug-likeness (QED) is 0.805. The fourth-order valence-electron chi connectivity index (χ4n) is 0.756. The summed E-state index contributed by atoms with van der Waals surface area (Å²) in [6.45, 7) is 3.33. The number of aliphatic carboxylic acids is 1. The Labute approximate surface area is 79.8 Å². The van der Waals surface area contributed by atoms with E-state index in [0.717, 1.165) is 4.88 Å². The van der Waals surface area contributed by atoms with Crippen molar-refractivity contribution in [2.45, 2.75) is 19.3 Å². The van der Waals surface area contributed by atoms with Gasteiger partial charge in [0, 0.05) is 4.88 Å². The molecule has 12 heavy (non-hydrogen) atoms. The second-order valence-electron chi connectivity index (χ2n) is 3.03. The third-order valence-corrected chi connectivity index (χ3v) is 3.28. The van der Waals surface area contributed by atoms with Gasteiger partial charge in [0.2, 0.25) is 0 Å². The maximum atomic E-state index is 10.8. The van der Waals surface area contributed by atoms with Crippen LogP contribution in [0.15, 0.2) is 12.1 Å². The van der Waals surface area contributed by atoms with Crippen LogP contribution in [0.25, 0.3) is 0 Å². The Bertz CT molecular complexity index is 304. The van der Waals surface area contributed by atoms with Crippen LogP contribution in [0.1, 0.15) is 18.7 Å². The van der Waals surface area contributed by atoms with Crippen molar-refractivity contribution in [2.75, 3.05) is 0 Å². The zero-order valence-corrected chi connectivity index (χ0v) is 8.37. The standard InChI is InChI=1S/C8H9ClO2S/c1-8(2,7(10)11)5-3-4-6(9)12-5/h3-4H,1-2H3,(H,10,11). The Balaban J connectivity index is 3.05.